The molecular formula is C18H26N4OS. The first-order chi connectivity index (χ1) is 11.7. The molecule has 130 valence electrons. The van der Waals surface area contributed by atoms with Crippen LogP contribution < -0.4 is 10.6 Å². The van der Waals surface area contributed by atoms with Crippen LogP contribution in [-0.2, 0) is 30.7 Å². The third kappa shape index (κ3) is 5.94. The van der Waals surface area contributed by atoms with Gasteiger partial charge in [-0.1, -0.05) is 31.2 Å². The molecule has 1 aromatic carbocycles. The number of ether oxygens (including phenoxy) is 1. The van der Waals surface area contributed by atoms with Crippen molar-refractivity contribution in [1.29, 1.82) is 0 Å². The van der Waals surface area contributed by atoms with E-state index in [2.05, 4.69) is 51.8 Å². The van der Waals surface area contributed by atoms with Gasteiger partial charge in [-0.2, -0.15) is 0 Å². The number of hydrogen-bond donors (Lipinski definition) is 2. The van der Waals surface area contributed by atoms with Gasteiger partial charge in [0.25, 0.3) is 0 Å². The molecule has 0 bridgehead atoms. The van der Waals surface area contributed by atoms with Gasteiger partial charge in [0, 0.05) is 44.7 Å². The summed E-state index contributed by atoms with van der Waals surface area (Å²) < 4.78 is 5.12. The van der Waals surface area contributed by atoms with Crippen molar-refractivity contribution < 1.29 is 4.74 Å². The SMILES string of the molecule is CCc1cnc(CCNC(=NC)NCc2ccc(COC)cc2)s1. The summed E-state index contributed by atoms with van der Waals surface area (Å²) in [6.07, 6.45) is 3.94. The highest BCUT2D eigenvalue weighted by Crippen LogP contribution is 2.13. The standard InChI is InChI=1S/C18H26N4OS/c1-4-16-12-21-17(24-16)9-10-20-18(19-2)22-11-14-5-7-15(8-6-14)13-23-3/h5-8,12H,4,9-11,13H2,1-3H3,(H2,19,20,22). The third-order valence-corrected chi connectivity index (χ3v) is 4.80. The van der Waals surface area contributed by atoms with Crippen LogP contribution >= 0.6 is 11.3 Å². The van der Waals surface area contributed by atoms with Crippen LogP contribution in [0.5, 0.6) is 0 Å². The zero-order valence-electron chi connectivity index (χ0n) is 14.6. The Morgan fingerprint density at radius 2 is 1.96 bits per heavy atom. The van der Waals surface area contributed by atoms with Gasteiger partial charge in [-0.15, -0.1) is 11.3 Å². The maximum Gasteiger partial charge on any atom is 0.191 e. The van der Waals surface area contributed by atoms with Crippen LogP contribution in [0, 0.1) is 0 Å². The number of nitrogens with one attached hydrogen (secondary N) is 2. The Kier molecular flexibility index (Phi) is 7.71. The maximum absolute atomic E-state index is 5.12. The Morgan fingerprint density at radius 3 is 2.58 bits per heavy atom. The van der Waals surface area contributed by atoms with Crippen LogP contribution in [-0.4, -0.2) is 31.6 Å². The number of methoxy groups -OCH3 is 1. The van der Waals surface area contributed by atoms with Crippen LogP contribution in [0.15, 0.2) is 35.5 Å². The fourth-order valence-electron chi connectivity index (χ4n) is 2.24. The van der Waals surface area contributed by atoms with Gasteiger partial charge in [0.15, 0.2) is 5.96 Å². The summed E-state index contributed by atoms with van der Waals surface area (Å²) in [5.74, 6) is 0.809. The second-order valence-electron chi connectivity index (χ2n) is 5.43. The topological polar surface area (TPSA) is 58.5 Å². The van der Waals surface area contributed by atoms with Gasteiger partial charge in [0.05, 0.1) is 11.6 Å². The molecule has 24 heavy (non-hydrogen) atoms. The molecule has 2 aromatic rings. The Balaban J connectivity index is 1.73. The van der Waals surface area contributed by atoms with Gasteiger partial charge >= 0.3 is 0 Å². The predicted octanol–water partition coefficient (Wildman–Crippen LogP) is 2.76. The quantitative estimate of drug-likeness (QED) is 0.570. The summed E-state index contributed by atoms with van der Waals surface area (Å²) in [6.45, 7) is 4.36. The van der Waals surface area contributed by atoms with E-state index in [4.69, 9.17) is 4.74 Å². The molecule has 5 nitrogen and oxygen atoms in total. The molecule has 1 aromatic heterocycles. The minimum absolute atomic E-state index is 0.646. The summed E-state index contributed by atoms with van der Waals surface area (Å²) in [5.41, 5.74) is 2.39. The van der Waals surface area contributed by atoms with Crippen LogP contribution in [0.25, 0.3) is 0 Å². The molecule has 0 saturated heterocycles. The van der Waals surface area contributed by atoms with E-state index >= 15 is 0 Å². The molecule has 2 rings (SSSR count). The van der Waals surface area contributed by atoms with E-state index < -0.39 is 0 Å². The van der Waals surface area contributed by atoms with Crippen LogP contribution in [0.4, 0.5) is 0 Å². The van der Waals surface area contributed by atoms with Gasteiger partial charge in [-0.05, 0) is 17.5 Å². The minimum Gasteiger partial charge on any atom is -0.380 e. The zero-order valence-corrected chi connectivity index (χ0v) is 15.4. The number of aromatic nitrogens is 1. The van der Waals surface area contributed by atoms with Crippen molar-refractivity contribution in [1.82, 2.24) is 15.6 Å². The molecule has 0 saturated carbocycles. The average molecular weight is 347 g/mol. The fraction of sp³-hybridized carbons (Fsp3) is 0.444. The molecule has 0 aliphatic carbocycles. The van der Waals surface area contributed by atoms with Crippen molar-refractivity contribution in [2.75, 3.05) is 20.7 Å². The minimum atomic E-state index is 0.646. The van der Waals surface area contributed by atoms with Crippen molar-refractivity contribution >= 4 is 17.3 Å². The number of thiazole rings is 1. The monoisotopic (exact) mass is 346 g/mol. The highest BCUT2D eigenvalue weighted by atomic mass is 32.1. The van der Waals surface area contributed by atoms with Crippen molar-refractivity contribution in [3.63, 3.8) is 0 Å². The number of aryl methyl sites for hydroxylation is 1. The lowest BCUT2D eigenvalue weighted by molar-refractivity contribution is 0.185. The van der Waals surface area contributed by atoms with E-state index in [1.165, 1.54) is 21.0 Å². The first kappa shape index (κ1) is 18.4. The second kappa shape index (κ2) is 10.1. The Bertz CT molecular complexity index is 637. The van der Waals surface area contributed by atoms with Crippen molar-refractivity contribution in [2.24, 2.45) is 4.99 Å². The fourth-order valence-corrected chi connectivity index (χ4v) is 3.10. The van der Waals surface area contributed by atoms with Gasteiger partial charge in [-0.25, -0.2) is 4.98 Å². The number of guanidine groups is 1. The normalized spacial score (nSPS) is 11.5. The zero-order chi connectivity index (χ0) is 17.2. The molecule has 0 amide bonds. The molecule has 1 heterocycles. The van der Waals surface area contributed by atoms with Gasteiger partial charge in [-0.3, -0.25) is 4.99 Å². The summed E-state index contributed by atoms with van der Waals surface area (Å²) in [5, 5.41) is 7.83. The molecule has 0 atom stereocenters. The lowest BCUT2D eigenvalue weighted by Crippen LogP contribution is -2.37. The molecule has 6 heteroatoms. The average Bonchev–Trinajstić information content (AvgIpc) is 3.07. The number of nitrogens with zero attached hydrogens (tertiary/aromatic N) is 2. The molecule has 0 spiro atoms. The van der Waals surface area contributed by atoms with Crippen LogP contribution in [0.1, 0.15) is 27.9 Å². The largest absolute Gasteiger partial charge is 0.380 e. The predicted molar refractivity (Wildman–Crippen MR) is 101 cm³/mol. The van der Waals surface area contributed by atoms with Crippen molar-refractivity contribution in [3.05, 3.63) is 51.5 Å². The lowest BCUT2D eigenvalue weighted by Gasteiger charge is -2.11. The van der Waals surface area contributed by atoms with Crippen LogP contribution in [0.2, 0.25) is 0 Å². The Hall–Kier alpha value is -1.92. The molecule has 0 unspecified atom stereocenters. The summed E-state index contributed by atoms with van der Waals surface area (Å²) in [7, 11) is 3.50. The van der Waals surface area contributed by atoms with E-state index in [1.54, 1.807) is 25.5 Å². The Labute approximate surface area is 148 Å². The highest BCUT2D eigenvalue weighted by Gasteiger charge is 2.02. The van der Waals surface area contributed by atoms with E-state index in [9.17, 15) is 0 Å². The number of benzene rings is 1. The van der Waals surface area contributed by atoms with Crippen molar-refractivity contribution in [2.45, 2.75) is 32.9 Å². The Morgan fingerprint density at radius 1 is 1.21 bits per heavy atom. The van der Waals surface area contributed by atoms with Crippen LogP contribution in [0.3, 0.4) is 0 Å². The first-order valence-corrected chi connectivity index (χ1v) is 9.01. The van der Waals surface area contributed by atoms with E-state index in [0.29, 0.717) is 6.61 Å². The molecule has 2 N–H and O–H groups in total. The van der Waals surface area contributed by atoms with E-state index in [-0.39, 0.29) is 0 Å². The van der Waals surface area contributed by atoms with Gasteiger partial charge in [0.2, 0.25) is 0 Å². The summed E-state index contributed by atoms with van der Waals surface area (Å²) >= 11 is 1.79. The van der Waals surface area contributed by atoms with Gasteiger partial charge < -0.3 is 15.4 Å². The highest BCUT2D eigenvalue weighted by molar-refractivity contribution is 7.11. The molecule has 0 aliphatic rings. The van der Waals surface area contributed by atoms with E-state index in [0.717, 1.165) is 31.9 Å². The molecule has 0 radical (unpaired) electrons. The number of aliphatic imine (C=N–C) groups is 1. The smallest absolute Gasteiger partial charge is 0.191 e. The molecular weight excluding hydrogens is 320 g/mol. The van der Waals surface area contributed by atoms with E-state index in [1.807, 2.05) is 6.20 Å². The molecule has 0 fully saturated rings. The summed E-state index contributed by atoms with van der Waals surface area (Å²) in [4.78, 5) is 10.0. The summed E-state index contributed by atoms with van der Waals surface area (Å²) in [6, 6.07) is 8.39. The van der Waals surface area contributed by atoms with Gasteiger partial charge in [0.1, 0.15) is 0 Å². The third-order valence-electron chi connectivity index (χ3n) is 3.60. The molecule has 0 aliphatic heterocycles. The number of hydrogen-bond acceptors (Lipinski definition) is 4. The first-order valence-electron chi connectivity index (χ1n) is 8.20. The maximum atomic E-state index is 5.12. The number of rotatable bonds is 8. The second-order valence-corrected chi connectivity index (χ2v) is 6.63. The van der Waals surface area contributed by atoms with Crippen molar-refractivity contribution in [3.8, 4) is 0 Å². The lowest BCUT2D eigenvalue weighted by atomic mass is 10.1.